The summed E-state index contributed by atoms with van der Waals surface area (Å²) >= 11 is 0. The molecule has 0 aliphatic carbocycles. The van der Waals surface area contributed by atoms with E-state index in [0.717, 1.165) is 25.2 Å². The monoisotopic (exact) mass is 294 g/mol. The molecule has 6 nitrogen and oxygen atoms in total. The second kappa shape index (κ2) is 5.38. The lowest BCUT2D eigenvalue weighted by molar-refractivity contribution is 0.350. The maximum atomic E-state index is 5.98. The van der Waals surface area contributed by atoms with Crippen molar-refractivity contribution in [2.24, 2.45) is 0 Å². The van der Waals surface area contributed by atoms with Crippen molar-refractivity contribution in [3.8, 4) is 0 Å². The summed E-state index contributed by atoms with van der Waals surface area (Å²) in [7, 11) is 0. The van der Waals surface area contributed by atoms with Crippen molar-refractivity contribution in [3.63, 3.8) is 0 Å². The summed E-state index contributed by atoms with van der Waals surface area (Å²) in [6, 6.07) is 3.78. The molecule has 108 valence electrons. The number of anilines is 2. The molecule has 20 heavy (non-hydrogen) atoms. The fourth-order valence-electron chi connectivity index (χ4n) is 2.43. The molecule has 0 spiro atoms. The minimum Gasteiger partial charge on any atom is -0.382 e. The summed E-state index contributed by atoms with van der Waals surface area (Å²) in [6.45, 7) is 7.00. The minimum absolute atomic E-state index is 0. The normalized spacial score (nSPS) is 17.8. The van der Waals surface area contributed by atoms with Crippen molar-refractivity contribution in [3.05, 3.63) is 18.3 Å². The Kier molecular flexibility index (Phi) is 3.96. The van der Waals surface area contributed by atoms with Crippen LogP contribution in [0.25, 0.3) is 11.0 Å². The van der Waals surface area contributed by atoms with Crippen LogP contribution in [0.1, 0.15) is 13.8 Å². The third-order valence-corrected chi connectivity index (χ3v) is 3.32. The van der Waals surface area contributed by atoms with Crippen LogP contribution in [0.4, 0.5) is 11.8 Å². The topological polar surface area (TPSA) is 80.0 Å². The van der Waals surface area contributed by atoms with E-state index in [-0.39, 0.29) is 17.9 Å². The van der Waals surface area contributed by atoms with Gasteiger partial charge in [-0.1, -0.05) is 0 Å². The molecule has 3 rings (SSSR count). The first kappa shape index (κ1) is 14.7. The van der Waals surface area contributed by atoms with Crippen LogP contribution in [0.5, 0.6) is 0 Å². The van der Waals surface area contributed by atoms with Gasteiger partial charge in [0.1, 0.15) is 5.52 Å². The lowest BCUT2D eigenvalue weighted by Crippen LogP contribution is -2.57. The maximum Gasteiger partial charge on any atom is 0.228 e. The predicted molar refractivity (Wildman–Crippen MR) is 83.3 cm³/mol. The molecule has 0 aromatic carbocycles. The standard InChI is InChI=1S/C13H18N6.ClH/c1-13(2)8-19(7-6-16-13)12-17-9-4-3-5-15-10(9)11(14)18-12;/h3-5,16H,6-8H2,1-2H3,(H2,14,17,18);1H. The maximum absolute atomic E-state index is 5.98. The van der Waals surface area contributed by atoms with Crippen LogP contribution in [-0.4, -0.2) is 40.1 Å². The molecular weight excluding hydrogens is 276 g/mol. The second-order valence-corrected chi connectivity index (χ2v) is 5.51. The van der Waals surface area contributed by atoms with Gasteiger partial charge in [0.05, 0.1) is 5.52 Å². The number of rotatable bonds is 1. The lowest BCUT2D eigenvalue weighted by atomic mass is 10.0. The molecule has 7 heteroatoms. The first-order chi connectivity index (χ1) is 9.05. The Balaban J connectivity index is 0.00000147. The molecule has 2 aromatic heterocycles. The molecule has 0 unspecified atom stereocenters. The predicted octanol–water partition coefficient (Wildman–Crippen LogP) is 1.22. The fraction of sp³-hybridized carbons (Fsp3) is 0.462. The van der Waals surface area contributed by atoms with Gasteiger partial charge in [0.15, 0.2) is 5.82 Å². The van der Waals surface area contributed by atoms with Crippen LogP contribution in [0.15, 0.2) is 18.3 Å². The van der Waals surface area contributed by atoms with Crippen LogP contribution in [0, 0.1) is 0 Å². The molecule has 3 N–H and O–H groups in total. The van der Waals surface area contributed by atoms with E-state index in [1.165, 1.54) is 0 Å². The molecule has 2 aromatic rings. The van der Waals surface area contributed by atoms with Crippen LogP contribution in [-0.2, 0) is 0 Å². The molecule has 3 heterocycles. The highest BCUT2D eigenvalue weighted by Crippen LogP contribution is 2.21. The molecule has 0 bridgehead atoms. The van der Waals surface area contributed by atoms with E-state index in [1.54, 1.807) is 6.20 Å². The van der Waals surface area contributed by atoms with Gasteiger partial charge >= 0.3 is 0 Å². The Hall–Kier alpha value is -1.66. The van der Waals surface area contributed by atoms with Crippen molar-refractivity contribution < 1.29 is 0 Å². The molecule has 1 saturated heterocycles. The number of nitrogens with zero attached hydrogens (tertiary/aromatic N) is 4. The number of nitrogens with two attached hydrogens (primary N) is 1. The van der Waals surface area contributed by atoms with Crippen molar-refractivity contribution in [2.45, 2.75) is 19.4 Å². The van der Waals surface area contributed by atoms with Crippen LogP contribution in [0.3, 0.4) is 0 Å². The number of nitrogens with one attached hydrogen (secondary N) is 1. The first-order valence-corrected chi connectivity index (χ1v) is 6.43. The van der Waals surface area contributed by atoms with Gasteiger partial charge in [-0.15, -0.1) is 12.4 Å². The summed E-state index contributed by atoms with van der Waals surface area (Å²) in [5.74, 6) is 1.13. The van der Waals surface area contributed by atoms with Gasteiger partial charge in [0.25, 0.3) is 0 Å². The molecule has 0 radical (unpaired) electrons. The van der Waals surface area contributed by atoms with Crippen molar-refractivity contribution in [2.75, 3.05) is 30.3 Å². The van der Waals surface area contributed by atoms with Gasteiger partial charge in [-0.3, -0.25) is 4.98 Å². The van der Waals surface area contributed by atoms with Crippen LogP contribution >= 0.6 is 12.4 Å². The van der Waals surface area contributed by atoms with Crippen LogP contribution < -0.4 is 16.0 Å². The van der Waals surface area contributed by atoms with E-state index in [0.29, 0.717) is 17.3 Å². The summed E-state index contributed by atoms with van der Waals surface area (Å²) < 4.78 is 0. The zero-order valence-electron chi connectivity index (χ0n) is 11.6. The fourth-order valence-corrected chi connectivity index (χ4v) is 2.43. The van der Waals surface area contributed by atoms with E-state index in [9.17, 15) is 0 Å². The minimum atomic E-state index is 0. The highest BCUT2D eigenvalue weighted by atomic mass is 35.5. The molecular formula is C13H19ClN6. The van der Waals surface area contributed by atoms with Gasteiger partial charge < -0.3 is 16.0 Å². The van der Waals surface area contributed by atoms with Crippen molar-refractivity contribution >= 4 is 35.2 Å². The van der Waals surface area contributed by atoms with E-state index >= 15 is 0 Å². The van der Waals surface area contributed by atoms with Gasteiger partial charge in [0.2, 0.25) is 5.95 Å². The average molecular weight is 295 g/mol. The van der Waals surface area contributed by atoms with E-state index in [1.807, 2.05) is 12.1 Å². The second-order valence-electron chi connectivity index (χ2n) is 5.51. The van der Waals surface area contributed by atoms with Gasteiger partial charge in [-0.05, 0) is 26.0 Å². The average Bonchev–Trinajstić information content (AvgIpc) is 2.37. The number of halogens is 1. The number of hydrogen-bond donors (Lipinski definition) is 2. The van der Waals surface area contributed by atoms with Crippen molar-refractivity contribution in [1.29, 1.82) is 0 Å². The van der Waals surface area contributed by atoms with E-state index < -0.39 is 0 Å². The number of aromatic nitrogens is 3. The molecule has 0 saturated carbocycles. The zero-order valence-corrected chi connectivity index (χ0v) is 12.4. The van der Waals surface area contributed by atoms with Crippen LogP contribution in [0.2, 0.25) is 0 Å². The number of fused-ring (bicyclic) bond motifs is 1. The molecule has 0 amide bonds. The third kappa shape index (κ3) is 2.76. The van der Waals surface area contributed by atoms with Crippen molar-refractivity contribution in [1.82, 2.24) is 20.3 Å². The Morgan fingerprint density at radius 2 is 2.15 bits per heavy atom. The Morgan fingerprint density at radius 1 is 1.35 bits per heavy atom. The van der Waals surface area contributed by atoms with Gasteiger partial charge in [0, 0.05) is 31.4 Å². The van der Waals surface area contributed by atoms with E-state index in [2.05, 4.69) is 39.0 Å². The molecule has 1 fully saturated rings. The number of piperazine rings is 1. The summed E-state index contributed by atoms with van der Waals surface area (Å²) in [6.07, 6.45) is 1.70. The highest BCUT2D eigenvalue weighted by molar-refractivity contribution is 5.85. The zero-order chi connectivity index (χ0) is 13.5. The summed E-state index contributed by atoms with van der Waals surface area (Å²) in [5, 5.41) is 3.47. The third-order valence-electron chi connectivity index (χ3n) is 3.32. The molecule has 1 aliphatic heterocycles. The lowest BCUT2D eigenvalue weighted by Gasteiger charge is -2.39. The summed E-state index contributed by atoms with van der Waals surface area (Å²) in [4.78, 5) is 15.3. The summed E-state index contributed by atoms with van der Waals surface area (Å²) in [5.41, 5.74) is 7.49. The quantitative estimate of drug-likeness (QED) is 0.823. The number of pyridine rings is 1. The molecule has 1 aliphatic rings. The Labute approximate surface area is 124 Å². The van der Waals surface area contributed by atoms with Gasteiger partial charge in [-0.2, -0.15) is 4.98 Å². The smallest absolute Gasteiger partial charge is 0.228 e. The Bertz CT molecular complexity index is 615. The highest BCUT2D eigenvalue weighted by Gasteiger charge is 2.27. The number of nitrogen functional groups attached to an aromatic ring is 1. The van der Waals surface area contributed by atoms with Gasteiger partial charge in [-0.25, -0.2) is 4.98 Å². The molecule has 0 atom stereocenters. The Morgan fingerprint density at radius 3 is 2.90 bits per heavy atom. The number of hydrogen-bond acceptors (Lipinski definition) is 6. The van der Waals surface area contributed by atoms with E-state index in [4.69, 9.17) is 5.73 Å². The first-order valence-electron chi connectivity index (χ1n) is 6.43. The SMILES string of the molecule is CC1(C)CN(c2nc(N)c3ncccc3n2)CCN1.Cl. The largest absolute Gasteiger partial charge is 0.382 e.